The molecule has 2 aliphatic rings. The topological polar surface area (TPSA) is 137 Å². The molecule has 0 atom stereocenters. The maximum atomic E-state index is 13.9. The summed E-state index contributed by atoms with van der Waals surface area (Å²) in [5.41, 5.74) is 0.690. The Labute approximate surface area is 257 Å². The van der Waals surface area contributed by atoms with E-state index in [4.69, 9.17) is 13.9 Å². The van der Waals surface area contributed by atoms with Gasteiger partial charge in [-0.15, -0.1) is 0 Å². The molecule has 12 nitrogen and oxygen atoms in total. The van der Waals surface area contributed by atoms with Crippen LogP contribution in [0.25, 0.3) is 16.8 Å². The molecule has 6 rings (SSSR count). The van der Waals surface area contributed by atoms with Crippen molar-refractivity contribution in [1.29, 1.82) is 0 Å². The molecule has 0 amide bonds. The minimum Gasteiger partial charge on any atom is -0.486 e. The first-order valence-electron chi connectivity index (χ1n) is 14.5. The third kappa shape index (κ3) is 6.54. The Kier molecular flexibility index (Phi) is 8.07. The average Bonchev–Trinajstić information content (AvgIpc) is 3.57. The van der Waals surface area contributed by atoms with E-state index in [0.717, 1.165) is 29.7 Å². The minimum atomic E-state index is -3.75. The number of hydrogen-bond acceptors (Lipinski definition) is 10. The molecule has 0 N–H and O–H groups in total. The van der Waals surface area contributed by atoms with Crippen LogP contribution in [-0.2, 0) is 20.5 Å². The van der Waals surface area contributed by atoms with E-state index in [0.29, 0.717) is 22.8 Å². The van der Waals surface area contributed by atoms with Crippen LogP contribution in [0.3, 0.4) is 0 Å². The highest BCUT2D eigenvalue weighted by Crippen LogP contribution is 2.45. The van der Waals surface area contributed by atoms with Crippen molar-refractivity contribution in [2.24, 2.45) is 5.41 Å². The quantitative estimate of drug-likeness (QED) is 0.236. The molecule has 3 heterocycles. The molecule has 0 radical (unpaired) electrons. The van der Waals surface area contributed by atoms with Crippen LogP contribution in [0.1, 0.15) is 42.9 Å². The van der Waals surface area contributed by atoms with Gasteiger partial charge in [-0.25, -0.2) is 27.0 Å². The van der Waals surface area contributed by atoms with Gasteiger partial charge in [0.05, 0.1) is 30.9 Å². The number of anilines is 1. The highest BCUT2D eigenvalue weighted by molar-refractivity contribution is 7.88. The number of benzene rings is 2. The molecular formula is C30H31F2N5O7S. The van der Waals surface area contributed by atoms with Gasteiger partial charge in [0.1, 0.15) is 22.8 Å². The lowest BCUT2D eigenvalue weighted by atomic mass is 10.2. The fraction of sp³-hybridized carbons (Fsp3) is 0.400. The first-order valence-corrected chi connectivity index (χ1v) is 16.1. The molecule has 1 saturated carbocycles. The standard InChI is InChI=1S/C30H31F2N5O7S/c1-3-42-29(39)27-34-23-5-4-19(12-25(23)44-27)17-45(40,41)36-10-8-35(9-11-36)24-16-33-37(22-14-20(31)13-21(32)15-22)28(38)26(24)43-18-30(2)6-7-30/h4-5,12-16H,3,6-11,17-18H2,1-2H3. The van der Waals surface area contributed by atoms with Crippen LogP contribution in [0.15, 0.2) is 51.8 Å². The van der Waals surface area contributed by atoms with Crippen LogP contribution in [0.5, 0.6) is 5.75 Å². The molecule has 15 heteroatoms. The second-order valence-electron chi connectivity index (χ2n) is 11.5. The monoisotopic (exact) mass is 643 g/mol. The smallest absolute Gasteiger partial charge is 0.394 e. The average molecular weight is 644 g/mol. The number of carbonyl (C=O) groups is 1. The second kappa shape index (κ2) is 11.9. The summed E-state index contributed by atoms with van der Waals surface area (Å²) >= 11 is 0. The van der Waals surface area contributed by atoms with Crippen LogP contribution in [0.2, 0.25) is 0 Å². The minimum absolute atomic E-state index is 0.0124. The maximum absolute atomic E-state index is 13.9. The van der Waals surface area contributed by atoms with E-state index in [2.05, 4.69) is 10.1 Å². The van der Waals surface area contributed by atoms with Crippen molar-refractivity contribution in [2.75, 3.05) is 44.3 Å². The first kappa shape index (κ1) is 30.6. The maximum Gasteiger partial charge on any atom is 0.394 e. The zero-order valence-electron chi connectivity index (χ0n) is 24.7. The number of rotatable bonds is 10. The number of hydrogen-bond donors (Lipinski definition) is 0. The molecule has 1 aliphatic carbocycles. The molecule has 4 aromatic rings. The second-order valence-corrected chi connectivity index (χ2v) is 13.5. The van der Waals surface area contributed by atoms with E-state index in [1.165, 1.54) is 16.6 Å². The van der Waals surface area contributed by atoms with Crippen LogP contribution in [0, 0.1) is 17.0 Å². The Hall–Kier alpha value is -4.37. The predicted molar refractivity (Wildman–Crippen MR) is 159 cm³/mol. The molecule has 2 fully saturated rings. The SMILES string of the molecule is CCOC(=O)c1nc2ccc(CS(=O)(=O)N3CCN(c4cnn(-c5cc(F)cc(F)c5)c(=O)c4OCC4(C)CC4)CC3)cc2o1. The number of ether oxygens (including phenoxy) is 2. The normalized spacial score (nSPS) is 16.6. The molecule has 0 spiro atoms. The van der Waals surface area contributed by atoms with Crippen molar-refractivity contribution >= 4 is 32.8 Å². The van der Waals surface area contributed by atoms with Gasteiger partial charge in [0.2, 0.25) is 15.8 Å². The fourth-order valence-electron chi connectivity index (χ4n) is 5.09. The van der Waals surface area contributed by atoms with Gasteiger partial charge in [0.25, 0.3) is 0 Å². The third-order valence-electron chi connectivity index (χ3n) is 7.90. The van der Waals surface area contributed by atoms with Gasteiger partial charge in [-0.3, -0.25) is 4.79 Å². The van der Waals surface area contributed by atoms with E-state index >= 15 is 0 Å². The lowest BCUT2D eigenvalue weighted by Crippen LogP contribution is -2.49. The zero-order chi connectivity index (χ0) is 31.9. The van der Waals surface area contributed by atoms with Gasteiger partial charge in [0.15, 0.2) is 5.58 Å². The van der Waals surface area contributed by atoms with Crippen molar-refractivity contribution < 1.29 is 35.9 Å². The molecule has 1 saturated heterocycles. The third-order valence-corrected chi connectivity index (χ3v) is 9.75. The van der Waals surface area contributed by atoms with Gasteiger partial charge in [-0.2, -0.15) is 14.1 Å². The van der Waals surface area contributed by atoms with Crippen molar-refractivity contribution in [3.63, 3.8) is 0 Å². The predicted octanol–water partition coefficient (Wildman–Crippen LogP) is 3.66. The summed E-state index contributed by atoms with van der Waals surface area (Å²) in [5.74, 6) is -2.92. The molecule has 238 valence electrons. The number of oxazole rings is 1. The molecule has 2 aromatic carbocycles. The summed E-state index contributed by atoms with van der Waals surface area (Å²) in [4.78, 5) is 31.4. The molecule has 2 aromatic heterocycles. The Morgan fingerprint density at radius 2 is 1.78 bits per heavy atom. The lowest BCUT2D eigenvalue weighted by Gasteiger charge is -2.35. The number of esters is 1. The summed E-state index contributed by atoms with van der Waals surface area (Å²) in [6.07, 6.45) is 3.29. The molecule has 1 aliphatic heterocycles. The molecule has 0 bridgehead atoms. The largest absolute Gasteiger partial charge is 0.486 e. The highest BCUT2D eigenvalue weighted by atomic mass is 32.2. The summed E-state index contributed by atoms with van der Waals surface area (Å²) in [6.45, 7) is 4.91. The Morgan fingerprint density at radius 1 is 1.07 bits per heavy atom. The molecule has 0 unspecified atom stereocenters. The van der Waals surface area contributed by atoms with E-state index in [9.17, 15) is 26.8 Å². The van der Waals surface area contributed by atoms with Gasteiger partial charge in [0, 0.05) is 37.7 Å². The van der Waals surface area contributed by atoms with Gasteiger partial charge in [-0.1, -0.05) is 13.0 Å². The summed E-state index contributed by atoms with van der Waals surface area (Å²) in [5, 5.41) is 4.17. The van der Waals surface area contributed by atoms with Crippen LogP contribution >= 0.6 is 0 Å². The number of carbonyl (C=O) groups excluding carboxylic acids is 1. The molecular weight excluding hydrogens is 612 g/mol. The number of halogens is 2. The number of fused-ring (bicyclic) bond motifs is 1. The summed E-state index contributed by atoms with van der Waals surface area (Å²) in [6, 6.07) is 7.45. The highest BCUT2D eigenvalue weighted by Gasteiger charge is 2.39. The van der Waals surface area contributed by atoms with Gasteiger partial charge < -0.3 is 18.8 Å². The van der Waals surface area contributed by atoms with Gasteiger partial charge in [-0.05, 0) is 49.6 Å². The summed E-state index contributed by atoms with van der Waals surface area (Å²) in [7, 11) is -3.75. The zero-order valence-corrected chi connectivity index (χ0v) is 25.5. The van der Waals surface area contributed by atoms with Crippen molar-refractivity contribution in [2.45, 2.75) is 32.4 Å². The van der Waals surface area contributed by atoms with E-state index in [1.807, 2.05) is 11.8 Å². The molecule has 45 heavy (non-hydrogen) atoms. The van der Waals surface area contributed by atoms with E-state index in [-0.39, 0.29) is 73.5 Å². The Morgan fingerprint density at radius 3 is 2.44 bits per heavy atom. The van der Waals surface area contributed by atoms with Crippen LogP contribution < -0.4 is 15.2 Å². The van der Waals surface area contributed by atoms with Gasteiger partial charge >= 0.3 is 17.4 Å². The number of piperazine rings is 1. The van der Waals surface area contributed by atoms with Crippen molar-refractivity contribution in [1.82, 2.24) is 19.1 Å². The van der Waals surface area contributed by atoms with E-state index in [1.54, 1.807) is 19.1 Å². The lowest BCUT2D eigenvalue weighted by molar-refractivity contribution is 0.0483. The summed E-state index contributed by atoms with van der Waals surface area (Å²) < 4.78 is 73.3. The fourth-order valence-corrected chi connectivity index (χ4v) is 6.59. The Bertz CT molecular complexity index is 1910. The number of nitrogens with zero attached hydrogens (tertiary/aromatic N) is 5. The Balaban J connectivity index is 1.19. The number of aromatic nitrogens is 3. The number of sulfonamides is 1. The van der Waals surface area contributed by atoms with E-state index < -0.39 is 33.2 Å². The van der Waals surface area contributed by atoms with Crippen molar-refractivity contribution in [3.8, 4) is 11.4 Å². The first-order chi connectivity index (χ1) is 21.4. The van der Waals surface area contributed by atoms with Crippen LogP contribution in [0.4, 0.5) is 14.5 Å². The van der Waals surface area contributed by atoms with Crippen molar-refractivity contribution in [3.05, 3.63) is 76.0 Å². The van der Waals surface area contributed by atoms with Crippen LogP contribution in [-0.4, -0.2) is 72.8 Å².